The van der Waals surface area contributed by atoms with E-state index in [9.17, 15) is 14.7 Å². The molecule has 0 aliphatic rings. The topological polar surface area (TPSA) is 93.7 Å². The van der Waals surface area contributed by atoms with Gasteiger partial charge in [0, 0.05) is 6.42 Å². The summed E-state index contributed by atoms with van der Waals surface area (Å²) in [5, 5.41) is 20.2. The van der Waals surface area contributed by atoms with Gasteiger partial charge in [-0.1, -0.05) is 42.5 Å². The molecule has 1 heterocycles. The van der Waals surface area contributed by atoms with E-state index in [1.807, 2.05) is 54.6 Å². The van der Waals surface area contributed by atoms with Crippen LogP contribution in [0.4, 0.5) is 0 Å². The third-order valence-electron chi connectivity index (χ3n) is 5.30. The molecule has 162 valence electrons. The third-order valence-corrected chi connectivity index (χ3v) is 5.30. The lowest BCUT2D eigenvalue weighted by molar-refractivity contribution is 0.0697. The number of aromatic hydroxyl groups is 1. The maximum Gasteiger partial charge on any atom is 0.336 e. The first-order valence-electron chi connectivity index (χ1n) is 10.0. The fourth-order valence-electron chi connectivity index (χ4n) is 3.60. The van der Waals surface area contributed by atoms with Crippen LogP contribution in [0.5, 0.6) is 11.6 Å². The van der Waals surface area contributed by atoms with Gasteiger partial charge in [-0.25, -0.2) is 14.2 Å². The molecule has 0 spiro atoms. The lowest BCUT2D eigenvalue weighted by atomic mass is 10.1. The van der Waals surface area contributed by atoms with Gasteiger partial charge in [-0.15, -0.1) is 0 Å². The molecule has 1 aromatic heterocycles. The lowest BCUT2D eigenvalue weighted by Gasteiger charge is -2.09. The number of carboxylic acid groups (broad SMARTS) is 1. The molecule has 4 rings (SSSR count). The molecule has 0 unspecified atom stereocenters. The highest BCUT2D eigenvalue weighted by molar-refractivity contribution is 5.87. The normalized spacial score (nSPS) is 10.8. The zero-order valence-corrected chi connectivity index (χ0v) is 17.4. The van der Waals surface area contributed by atoms with Gasteiger partial charge in [-0.3, -0.25) is 4.57 Å². The van der Waals surface area contributed by atoms with Gasteiger partial charge in [0.25, 0.3) is 0 Å². The van der Waals surface area contributed by atoms with Crippen molar-refractivity contribution in [3.8, 4) is 17.3 Å². The Hall–Kier alpha value is -4.26. The van der Waals surface area contributed by atoms with Crippen LogP contribution in [0.25, 0.3) is 5.69 Å². The van der Waals surface area contributed by atoms with E-state index in [-0.39, 0.29) is 18.0 Å². The Morgan fingerprint density at radius 2 is 1.56 bits per heavy atom. The number of methoxy groups -OCH3 is 1. The minimum absolute atomic E-state index is 0.100. The maximum atomic E-state index is 13.4. The highest BCUT2D eigenvalue weighted by atomic mass is 16.5. The van der Waals surface area contributed by atoms with Crippen molar-refractivity contribution in [3.05, 3.63) is 112 Å². The van der Waals surface area contributed by atoms with Crippen LogP contribution in [-0.2, 0) is 13.0 Å². The highest BCUT2D eigenvalue weighted by Crippen LogP contribution is 2.25. The van der Waals surface area contributed by atoms with Gasteiger partial charge in [0.2, 0.25) is 5.88 Å². The summed E-state index contributed by atoms with van der Waals surface area (Å²) < 4.78 is 7.94. The zero-order valence-electron chi connectivity index (χ0n) is 17.4. The van der Waals surface area contributed by atoms with E-state index in [1.165, 1.54) is 33.4 Å². The van der Waals surface area contributed by atoms with E-state index >= 15 is 0 Å². The van der Waals surface area contributed by atoms with Gasteiger partial charge in [0.15, 0.2) is 0 Å². The molecule has 3 aromatic carbocycles. The Bertz CT molecular complexity index is 1290. The fraction of sp³-hybridized carbons (Fsp3) is 0.120. The zero-order chi connectivity index (χ0) is 22.7. The fourth-order valence-corrected chi connectivity index (χ4v) is 3.60. The number of benzene rings is 3. The number of ether oxygens (including phenoxy) is 1. The van der Waals surface area contributed by atoms with E-state index < -0.39 is 11.7 Å². The summed E-state index contributed by atoms with van der Waals surface area (Å²) in [7, 11) is 1.59. The van der Waals surface area contributed by atoms with Gasteiger partial charge < -0.3 is 14.9 Å². The van der Waals surface area contributed by atoms with E-state index in [0.717, 1.165) is 11.1 Å². The molecule has 0 aliphatic heterocycles. The van der Waals surface area contributed by atoms with Crippen molar-refractivity contribution in [2.45, 2.75) is 13.0 Å². The van der Waals surface area contributed by atoms with Gasteiger partial charge in [0.05, 0.1) is 30.6 Å². The summed E-state index contributed by atoms with van der Waals surface area (Å²) in [5.41, 5.74) is 2.38. The molecule has 4 aromatic rings. The number of hydrogen-bond donors (Lipinski definition) is 2. The molecule has 0 radical (unpaired) electrons. The smallest absolute Gasteiger partial charge is 0.336 e. The molecule has 0 amide bonds. The average Bonchev–Trinajstić information content (AvgIpc) is 3.04. The van der Waals surface area contributed by atoms with Crippen LogP contribution >= 0.6 is 0 Å². The van der Waals surface area contributed by atoms with Crippen LogP contribution in [0.2, 0.25) is 0 Å². The van der Waals surface area contributed by atoms with Gasteiger partial charge in [-0.05, 0) is 47.5 Å². The number of aromatic nitrogens is 2. The Kier molecular flexibility index (Phi) is 5.81. The van der Waals surface area contributed by atoms with E-state index in [0.29, 0.717) is 23.6 Å². The summed E-state index contributed by atoms with van der Waals surface area (Å²) in [6, 6.07) is 22.8. The first-order chi connectivity index (χ1) is 15.5. The van der Waals surface area contributed by atoms with E-state index in [1.54, 1.807) is 7.11 Å². The van der Waals surface area contributed by atoms with Gasteiger partial charge in [-0.2, -0.15) is 0 Å². The summed E-state index contributed by atoms with van der Waals surface area (Å²) in [6.45, 7) is 0.263. The molecular formula is C25H22N2O5. The van der Waals surface area contributed by atoms with Crippen molar-refractivity contribution in [2.75, 3.05) is 7.11 Å². The SMILES string of the molecule is COc1ccc(Cn2c(Cc3ccccc3)c(O)n(-c3ccc(C(=O)O)cc3)c2=O)cc1. The Labute approximate surface area is 184 Å². The average molecular weight is 430 g/mol. The van der Waals surface area contributed by atoms with Crippen molar-refractivity contribution < 1.29 is 19.7 Å². The molecule has 7 nitrogen and oxygen atoms in total. The van der Waals surface area contributed by atoms with Crippen molar-refractivity contribution in [1.29, 1.82) is 0 Å². The van der Waals surface area contributed by atoms with Crippen LogP contribution in [0.1, 0.15) is 27.2 Å². The number of nitrogens with zero attached hydrogens (tertiary/aromatic N) is 2. The van der Waals surface area contributed by atoms with Crippen molar-refractivity contribution in [2.24, 2.45) is 0 Å². The molecule has 32 heavy (non-hydrogen) atoms. The molecule has 0 atom stereocenters. The third kappa shape index (κ3) is 4.13. The van der Waals surface area contributed by atoms with Crippen molar-refractivity contribution in [3.63, 3.8) is 0 Å². The van der Waals surface area contributed by atoms with Crippen LogP contribution in [0.3, 0.4) is 0 Å². The predicted octanol–water partition coefficient (Wildman–Crippen LogP) is 3.69. The number of carboxylic acids is 1. The molecule has 2 N–H and O–H groups in total. The van der Waals surface area contributed by atoms with E-state index in [4.69, 9.17) is 9.84 Å². The Morgan fingerprint density at radius 3 is 2.16 bits per heavy atom. The molecular weight excluding hydrogens is 408 g/mol. The highest BCUT2D eigenvalue weighted by Gasteiger charge is 2.21. The second-order valence-corrected chi connectivity index (χ2v) is 7.34. The van der Waals surface area contributed by atoms with Crippen LogP contribution < -0.4 is 10.4 Å². The number of hydrogen-bond acceptors (Lipinski definition) is 4. The standard InChI is InChI=1S/C25H22N2O5/c1-32-21-13-7-18(8-14-21)16-26-22(15-17-5-3-2-4-6-17)23(28)27(25(26)31)20-11-9-19(10-12-20)24(29)30/h2-14,28H,15-16H2,1H3,(H,29,30). The van der Waals surface area contributed by atoms with Crippen molar-refractivity contribution in [1.82, 2.24) is 9.13 Å². The van der Waals surface area contributed by atoms with Crippen LogP contribution in [-0.4, -0.2) is 32.4 Å². The second kappa shape index (κ2) is 8.85. The molecule has 0 bridgehead atoms. The quantitative estimate of drug-likeness (QED) is 0.466. The number of aromatic carboxylic acids is 1. The Morgan fingerprint density at radius 1 is 0.906 bits per heavy atom. The molecule has 0 fully saturated rings. The Balaban J connectivity index is 1.81. The monoisotopic (exact) mass is 430 g/mol. The molecule has 0 saturated heterocycles. The minimum Gasteiger partial charge on any atom is -0.497 e. The number of imidazole rings is 1. The predicted molar refractivity (Wildman–Crippen MR) is 120 cm³/mol. The summed E-state index contributed by atoms with van der Waals surface area (Å²) in [6.07, 6.45) is 0.359. The van der Waals surface area contributed by atoms with Crippen LogP contribution in [0.15, 0.2) is 83.7 Å². The first-order valence-corrected chi connectivity index (χ1v) is 10.0. The molecule has 0 saturated carbocycles. The second-order valence-electron chi connectivity index (χ2n) is 7.34. The summed E-state index contributed by atoms with van der Waals surface area (Å²) in [5.74, 6) is -0.519. The summed E-state index contributed by atoms with van der Waals surface area (Å²) in [4.78, 5) is 24.5. The number of carbonyl (C=O) groups is 1. The van der Waals surface area contributed by atoms with Gasteiger partial charge in [0.1, 0.15) is 5.75 Å². The van der Waals surface area contributed by atoms with Gasteiger partial charge >= 0.3 is 11.7 Å². The van der Waals surface area contributed by atoms with Crippen LogP contribution in [0, 0.1) is 0 Å². The maximum absolute atomic E-state index is 13.4. The molecule has 0 aliphatic carbocycles. The minimum atomic E-state index is -1.06. The van der Waals surface area contributed by atoms with E-state index in [2.05, 4.69) is 0 Å². The van der Waals surface area contributed by atoms with Crippen molar-refractivity contribution >= 4 is 5.97 Å². The lowest BCUT2D eigenvalue weighted by Crippen LogP contribution is -2.25. The first kappa shape index (κ1) is 21.0. The summed E-state index contributed by atoms with van der Waals surface area (Å²) >= 11 is 0. The number of rotatable bonds is 7. The largest absolute Gasteiger partial charge is 0.497 e. The molecule has 7 heteroatoms.